The molecule has 4 rings (SSSR count). The minimum atomic E-state index is -0.212. The van der Waals surface area contributed by atoms with E-state index in [1.807, 2.05) is 47.5 Å². The number of thioether (sulfide) groups is 2. The van der Waals surface area contributed by atoms with E-state index in [0.717, 1.165) is 28.5 Å². The zero-order chi connectivity index (χ0) is 19.2. The van der Waals surface area contributed by atoms with E-state index in [0.29, 0.717) is 5.25 Å². The second-order valence-electron chi connectivity index (χ2n) is 6.58. The van der Waals surface area contributed by atoms with Crippen molar-refractivity contribution in [2.75, 3.05) is 0 Å². The molecule has 0 heterocycles. The molecule has 3 aromatic rings. The van der Waals surface area contributed by atoms with Crippen LogP contribution in [-0.4, -0.2) is 10.3 Å². The number of rotatable bonds is 5. The molecular weight excluding hydrogens is 385 g/mol. The van der Waals surface area contributed by atoms with E-state index in [1.54, 1.807) is 23.9 Å². The van der Waals surface area contributed by atoms with Gasteiger partial charge < -0.3 is 0 Å². The first kappa shape index (κ1) is 19.0. The van der Waals surface area contributed by atoms with Gasteiger partial charge in [0, 0.05) is 10.1 Å². The lowest BCUT2D eigenvalue weighted by Gasteiger charge is -2.09. The van der Waals surface area contributed by atoms with E-state index in [4.69, 9.17) is 4.99 Å². The summed E-state index contributed by atoms with van der Waals surface area (Å²) < 4.78 is 13.1. The summed E-state index contributed by atoms with van der Waals surface area (Å²) in [6.07, 6.45) is 4.22. The number of nitrogens with zero attached hydrogens (tertiary/aromatic N) is 1. The first-order valence-corrected chi connectivity index (χ1v) is 11.0. The molecule has 0 atom stereocenters. The highest BCUT2D eigenvalue weighted by atomic mass is 32.2. The number of hydrogen-bond acceptors (Lipinski definition) is 3. The van der Waals surface area contributed by atoms with Crippen LogP contribution in [-0.2, 0) is 12.8 Å². The van der Waals surface area contributed by atoms with Crippen molar-refractivity contribution in [1.29, 1.82) is 0 Å². The molecule has 1 nitrogen and oxygen atoms in total. The van der Waals surface area contributed by atoms with Crippen LogP contribution in [0.5, 0.6) is 0 Å². The molecule has 0 aliphatic heterocycles. The smallest absolute Gasteiger partial charge is 0.123 e. The molecule has 0 radical (unpaired) electrons. The first-order chi connectivity index (χ1) is 13.8. The molecular formula is C24H20FNS2. The molecule has 0 N–H and O–H groups in total. The van der Waals surface area contributed by atoms with Gasteiger partial charge in [0.25, 0.3) is 0 Å². The van der Waals surface area contributed by atoms with Crippen molar-refractivity contribution in [2.45, 2.75) is 23.0 Å². The summed E-state index contributed by atoms with van der Waals surface area (Å²) in [6.45, 7) is 0. The summed E-state index contributed by atoms with van der Waals surface area (Å²) in [7, 11) is 0. The number of aliphatic imine (C=N–C) groups is 1. The average molecular weight is 406 g/mol. The Morgan fingerprint density at radius 1 is 0.857 bits per heavy atom. The first-order valence-electron chi connectivity index (χ1n) is 9.22. The Bertz CT molecular complexity index is 956. The Kier molecular flexibility index (Phi) is 6.30. The van der Waals surface area contributed by atoms with E-state index >= 15 is 0 Å². The van der Waals surface area contributed by atoms with Gasteiger partial charge in [-0.05, 0) is 71.9 Å². The maximum Gasteiger partial charge on any atom is 0.123 e. The van der Waals surface area contributed by atoms with Gasteiger partial charge in [-0.1, -0.05) is 54.2 Å². The fraction of sp³-hybridized carbons (Fsp3) is 0.125. The maximum absolute atomic E-state index is 13.1. The molecule has 0 fully saturated rings. The van der Waals surface area contributed by atoms with Crippen molar-refractivity contribution in [3.05, 3.63) is 107 Å². The molecule has 0 bridgehead atoms. The summed E-state index contributed by atoms with van der Waals surface area (Å²) in [4.78, 5) is 5.86. The molecule has 28 heavy (non-hydrogen) atoms. The van der Waals surface area contributed by atoms with Crippen LogP contribution in [0.2, 0.25) is 0 Å². The van der Waals surface area contributed by atoms with E-state index in [2.05, 4.69) is 30.3 Å². The van der Waals surface area contributed by atoms with Crippen LogP contribution in [0.25, 0.3) is 0 Å². The Labute approximate surface area is 173 Å². The predicted octanol–water partition coefficient (Wildman–Crippen LogP) is 7.06. The third-order valence-electron chi connectivity index (χ3n) is 4.52. The molecule has 0 saturated heterocycles. The quantitative estimate of drug-likeness (QED) is 0.256. The molecule has 1 aliphatic rings. The molecule has 0 aromatic heterocycles. The van der Waals surface area contributed by atoms with Gasteiger partial charge in [0.05, 0.1) is 10.7 Å². The molecule has 0 unspecified atom stereocenters. The zero-order valence-electron chi connectivity index (χ0n) is 15.3. The highest BCUT2D eigenvalue weighted by Gasteiger charge is 2.22. The molecule has 1 aliphatic carbocycles. The predicted molar refractivity (Wildman–Crippen MR) is 120 cm³/mol. The van der Waals surface area contributed by atoms with Crippen molar-refractivity contribution >= 4 is 34.3 Å². The fourth-order valence-electron chi connectivity index (χ4n) is 3.19. The van der Waals surface area contributed by atoms with E-state index in [1.165, 1.54) is 23.3 Å². The minimum Gasteiger partial charge on any atom is -0.242 e. The van der Waals surface area contributed by atoms with Crippen LogP contribution in [0.1, 0.15) is 11.1 Å². The normalized spacial score (nSPS) is 14.5. The van der Waals surface area contributed by atoms with Crippen LogP contribution < -0.4 is 0 Å². The Morgan fingerprint density at radius 2 is 1.50 bits per heavy atom. The van der Waals surface area contributed by atoms with Crippen LogP contribution in [0.3, 0.4) is 0 Å². The summed E-state index contributed by atoms with van der Waals surface area (Å²) in [5.41, 5.74) is 3.85. The molecule has 4 heteroatoms. The minimum absolute atomic E-state index is 0.212. The molecule has 140 valence electrons. The SMILES string of the molecule is Fc1ccc(S/C=C/C(=Nc2ccccc2)SC2Cc3ccccc3C2)cc1. The lowest BCUT2D eigenvalue weighted by molar-refractivity contribution is 0.626. The Morgan fingerprint density at radius 3 is 2.18 bits per heavy atom. The number of benzene rings is 3. The summed E-state index contributed by atoms with van der Waals surface area (Å²) >= 11 is 3.40. The van der Waals surface area contributed by atoms with Gasteiger partial charge in [0.15, 0.2) is 0 Å². The second kappa shape index (κ2) is 9.26. The lowest BCUT2D eigenvalue weighted by atomic mass is 10.1. The van der Waals surface area contributed by atoms with Gasteiger partial charge >= 0.3 is 0 Å². The Balaban J connectivity index is 1.48. The monoisotopic (exact) mass is 405 g/mol. The summed E-state index contributed by atoms with van der Waals surface area (Å²) in [6, 6.07) is 25.3. The molecule has 3 aromatic carbocycles. The van der Waals surface area contributed by atoms with Crippen LogP contribution in [0.15, 0.2) is 100 Å². The van der Waals surface area contributed by atoms with E-state index in [9.17, 15) is 4.39 Å². The fourth-order valence-corrected chi connectivity index (χ4v) is 5.09. The van der Waals surface area contributed by atoms with Crippen LogP contribution in [0, 0.1) is 5.82 Å². The van der Waals surface area contributed by atoms with Gasteiger partial charge in [0.1, 0.15) is 5.82 Å². The van der Waals surface area contributed by atoms with Crippen molar-refractivity contribution < 1.29 is 4.39 Å². The van der Waals surface area contributed by atoms with Gasteiger partial charge in [-0.15, -0.1) is 11.8 Å². The maximum atomic E-state index is 13.1. The standard InChI is InChI=1S/C24H20FNS2/c25-20-10-12-22(13-11-20)27-15-14-24(26-21-8-2-1-3-9-21)28-23-16-18-6-4-5-7-19(18)17-23/h1-15,23H,16-17H2/b15-14+,26-24?. The number of halogens is 1. The van der Waals surface area contributed by atoms with Crippen molar-refractivity contribution in [2.24, 2.45) is 4.99 Å². The second-order valence-corrected chi connectivity index (χ2v) is 8.88. The zero-order valence-corrected chi connectivity index (χ0v) is 16.9. The van der Waals surface area contributed by atoms with E-state index in [-0.39, 0.29) is 5.82 Å². The van der Waals surface area contributed by atoms with Gasteiger partial charge in [-0.2, -0.15) is 0 Å². The summed E-state index contributed by atoms with van der Waals surface area (Å²) in [5.74, 6) is -0.212. The van der Waals surface area contributed by atoms with Crippen molar-refractivity contribution in [3.63, 3.8) is 0 Å². The summed E-state index contributed by atoms with van der Waals surface area (Å²) in [5, 5.41) is 3.53. The largest absolute Gasteiger partial charge is 0.242 e. The van der Waals surface area contributed by atoms with Crippen LogP contribution in [0.4, 0.5) is 10.1 Å². The highest BCUT2D eigenvalue weighted by Crippen LogP contribution is 2.32. The topological polar surface area (TPSA) is 12.4 Å². The molecule has 0 saturated carbocycles. The molecule has 0 amide bonds. The van der Waals surface area contributed by atoms with Gasteiger partial charge in [-0.25, -0.2) is 9.38 Å². The van der Waals surface area contributed by atoms with Crippen molar-refractivity contribution in [3.8, 4) is 0 Å². The van der Waals surface area contributed by atoms with Gasteiger partial charge in [-0.3, -0.25) is 0 Å². The van der Waals surface area contributed by atoms with E-state index < -0.39 is 0 Å². The lowest BCUT2D eigenvalue weighted by Crippen LogP contribution is -2.05. The molecule has 0 spiro atoms. The third-order valence-corrected chi connectivity index (χ3v) is 6.48. The van der Waals surface area contributed by atoms with Crippen molar-refractivity contribution in [1.82, 2.24) is 0 Å². The number of fused-ring (bicyclic) bond motifs is 1. The third kappa shape index (κ3) is 5.15. The van der Waals surface area contributed by atoms with Gasteiger partial charge in [0.2, 0.25) is 0 Å². The number of hydrogen-bond donors (Lipinski definition) is 0. The average Bonchev–Trinajstić information content (AvgIpc) is 3.12. The van der Waals surface area contributed by atoms with Crippen LogP contribution >= 0.6 is 23.5 Å². The number of para-hydroxylation sites is 1. The highest BCUT2D eigenvalue weighted by molar-refractivity contribution is 8.15. The Hall–Kier alpha value is -2.30.